The van der Waals surface area contributed by atoms with Crippen LogP contribution in [0.1, 0.15) is 12.5 Å². The molecule has 0 spiro atoms. The van der Waals surface area contributed by atoms with Gasteiger partial charge in [-0.3, -0.25) is 0 Å². The van der Waals surface area contributed by atoms with Crippen molar-refractivity contribution in [1.82, 2.24) is 20.1 Å². The zero-order chi connectivity index (χ0) is 13.0. The Morgan fingerprint density at radius 3 is 2.94 bits per heavy atom. The van der Waals surface area contributed by atoms with E-state index in [1.165, 1.54) is 17.8 Å². The van der Waals surface area contributed by atoms with E-state index in [0.29, 0.717) is 6.54 Å². The summed E-state index contributed by atoms with van der Waals surface area (Å²) in [6.45, 7) is 3.52. The molecule has 0 bridgehead atoms. The number of halogens is 1. The summed E-state index contributed by atoms with van der Waals surface area (Å²) in [5, 5.41) is 11.8. The first-order valence-corrected chi connectivity index (χ1v) is 6.53. The Morgan fingerprint density at radius 1 is 1.44 bits per heavy atom. The van der Waals surface area contributed by atoms with Crippen LogP contribution in [-0.4, -0.2) is 21.3 Å². The first-order valence-electron chi connectivity index (χ1n) is 5.71. The van der Waals surface area contributed by atoms with Crippen molar-refractivity contribution in [3.63, 3.8) is 0 Å². The number of aryl methyl sites for hydroxylation is 1. The van der Waals surface area contributed by atoms with Crippen LogP contribution in [0.25, 0.3) is 0 Å². The number of hydrogen-bond acceptors (Lipinski definition) is 4. The minimum Gasteiger partial charge on any atom is -0.313 e. The molecule has 18 heavy (non-hydrogen) atoms. The third-order valence-electron chi connectivity index (χ3n) is 2.46. The molecule has 0 unspecified atom stereocenters. The molecule has 6 heteroatoms. The summed E-state index contributed by atoms with van der Waals surface area (Å²) in [5.74, 6) is -0.217. The first-order chi connectivity index (χ1) is 8.70. The van der Waals surface area contributed by atoms with Gasteiger partial charge < -0.3 is 9.88 Å². The summed E-state index contributed by atoms with van der Waals surface area (Å²) in [7, 11) is 1.88. The highest BCUT2D eigenvalue weighted by molar-refractivity contribution is 7.99. The van der Waals surface area contributed by atoms with Gasteiger partial charge in [0.25, 0.3) is 0 Å². The number of nitrogens with one attached hydrogen (secondary N) is 1. The van der Waals surface area contributed by atoms with E-state index in [9.17, 15) is 4.39 Å². The Labute approximate surface area is 110 Å². The summed E-state index contributed by atoms with van der Waals surface area (Å²) < 4.78 is 15.1. The van der Waals surface area contributed by atoms with E-state index in [-0.39, 0.29) is 5.82 Å². The predicted octanol–water partition coefficient (Wildman–Crippen LogP) is 2.21. The van der Waals surface area contributed by atoms with Gasteiger partial charge in [0.15, 0.2) is 5.16 Å². The largest absolute Gasteiger partial charge is 0.313 e. The third-order valence-corrected chi connectivity index (χ3v) is 3.63. The normalized spacial score (nSPS) is 10.8. The quantitative estimate of drug-likeness (QED) is 0.901. The van der Waals surface area contributed by atoms with Gasteiger partial charge in [-0.05, 0) is 42.1 Å². The Kier molecular flexibility index (Phi) is 4.33. The Bertz CT molecular complexity index is 527. The van der Waals surface area contributed by atoms with E-state index in [0.717, 1.165) is 22.2 Å². The zero-order valence-electron chi connectivity index (χ0n) is 10.4. The maximum Gasteiger partial charge on any atom is 0.195 e. The maximum atomic E-state index is 13.3. The summed E-state index contributed by atoms with van der Waals surface area (Å²) in [6, 6.07) is 4.80. The zero-order valence-corrected chi connectivity index (χ0v) is 11.2. The van der Waals surface area contributed by atoms with Crippen LogP contribution in [0.3, 0.4) is 0 Å². The second-order valence-corrected chi connectivity index (χ2v) is 4.87. The Balaban J connectivity index is 2.23. The molecular weight excluding hydrogens is 251 g/mol. The van der Waals surface area contributed by atoms with Crippen molar-refractivity contribution in [3.8, 4) is 0 Å². The average molecular weight is 266 g/mol. The lowest BCUT2D eigenvalue weighted by Gasteiger charge is -2.09. The lowest BCUT2D eigenvalue weighted by molar-refractivity contribution is 0.618. The van der Waals surface area contributed by atoms with Crippen LogP contribution in [0.4, 0.5) is 4.39 Å². The van der Waals surface area contributed by atoms with Crippen LogP contribution in [0.5, 0.6) is 0 Å². The Hall–Kier alpha value is -1.40. The fourth-order valence-corrected chi connectivity index (χ4v) is 2.38. The minimum atomic E-state index is -0.217. The van der Waals surface area contributed by atoms with E-state index in [1.807, 2.05) is 18.5 Å². The first kappa shape index (κ1) is 13.0. The number of hydrogen-bond donors (Lipinski definition) is 1. The van der Waals surface area contributed by atoms with Crippen molar-refractivity contribution >= 4 is 11.8 Å². The molecule has 96 valence electrons. The maximum absolute atomic E-state index is 13.3. The topological polar surface area (TPSA) is 42.7 Å². The van der Waals surface area contributed by atoms with Gasteiger partial charge >= 0.3 is 0 Å². The van der Waals surface area contributed by atoms with Crippen molar-refractivity contribution in [2.24, 2.45) is 7.05 Å². The van der Waals surface area contributed by atoms with E-state index >= 15 is 0 Å². The van der Waals surface area contributed by atoms with Crippen LogP contribution in [0.15, 0.2) is 34.6 Å². The van der Waals surface area contributed by atoms with E-state index in [4.69, 9.17) is 0 Å². The van der Waals surface area contributed by atoms with Gasteiger partial charge in [0.05, 0.1) is 0 Å². The molecule has 0 saturated carbocycles. The van der Waals surface area contributed by atoms with Crippen LogP contribution >= 0.6 is 11.8 Å². The van der Waals surface area contributed by atoms with Crippen molar-refractivity contribution in [1.29, 1.82) is 0 Å². The highest BCUT2D eigenvalue weighted by Crippen LogP contribution is 2.29. The molecule has 1 aromatic carbocycles. The monoisotopic (exact) mass is 266 g/mol. The van der Waals surface area contributed by atoms with Gasteiger partial charge in [0, 0.05) is 18.5 Å². The predicted molar refractivity (Wildman–Crippen MR) is 68.9 cm³/mol. The number of benzene rings is 1. The highest BCUT2D eigenvalue weighted by Gasteiger charge is 2.09. The number of nitrogens with zero attached hydrogens (tertiary/aromatic N) is 3. The molecule has 1 heterocycles. The second kappa shape index (κ2) is 5.97. The fraction of sp³-hybridized carbons (Fsp3) is 0.333. The molecule has 0 aliphatic carbocycles. The number of aromatic nitrogens is 3. The average Bonchev–Trinajstić information content (AvgIpc) is 2.75. The summed E-state index contributed by atoms with van der Waals surface area (Å²) in [4.78, 5) is 0.994. The molecule has 0 aliphatic rings. The molecule has 0 amide bonds. The molecule has 0 atom stereocenters. The third kappa shape index (κ3) is 3.08. The van der Waals surface area contributed by atoms with E-state index < -0.39 is 0 Å². The molecule has 0 fully saturated rings. The van der Waals surface area contributed by atoms with Crippen LogP contribution in [0, 0.1) is 5.82 Å². The molecule has 2 aromatic rings. The molecule has 4 nitrogen and oxygen atoms in total. The number of rotatable bonds is 5. The molecule has 0 saturated heterocycles. The summed E-state index contributed by atoms with van der Waals surface area (Å²) in [6.07, 6.45) is 1.65. The van der Waals surface area contributed by atoms with Gasteiger partial charge in [-0.1, -0.05) is 6.92 Å². The van der Waals surface area contributed by atoms with E-state index in [2.05, 4.69) is 15.5 Å². The smallest absolute Gasteiger partial charge is 0.195 e. The van der Waals surface area contributed by atoms with Crippen molar-refractivity contribution < 1.29 is 4.39 Å². The molecule has 2 rings (SSSR count). The molecular formula is C12H15FN4S. The highest BCUT2D eigenvalue weighted by atomic mass is 32.2. The molecule has 1 N–H and O–H groups in total. The second-order valence-electron chi connectivity index (χ2n) is 3.86. The van der Waals surface area contributed by atoms with Gasteiger partial charge in [0.1, 0.15) is 12.1 Å². The van der Waals surface area contributed by atoms with Crippen molar-refractivity contribution in [3.05, 3.63) is 35.9 Å². The van der Waals surface area contributed by atoms with Crippen molar-refractivity contribution in [2.45, 2.75) is 23.5 Å². The standard InChI is InChI=1S/C12H15FN4S/c1-3-14-7-9-6-10(13)4-5-11(9)18-12-16-15-8-17(12)2/h4-6,8,14H,3,7H2,1-2H3. The molecule has 0 radical (unpaired) electrons. The van der Waals surface area contributed by atoms with Crippen molar-refractivity contribution in [2.75, 3.05) is 6.54 Å². The Morgan fingerprint density at radius 2 is 2.28 bits per heavy atom. The molecule has 1 aromatic heterocycles. The molecule has 0 aliphatic heterocycles. The van der Waals surface area contributed by atoms with Gasteiger partial charge in [0.2, 0.25) is 0 Å². The lowest BCUT2D eigenvalue weighted by Crippen LogP contribution is -2.12. The van der Waals surface area contributed by atoms with Crippen LogP contribution in [-0.2, 0) is 13.6 Å². The van der Waals surface area contributed by atoms with E-state index in [1.54, 1.807) is 18.5 Å². The van der Waals surface area contributed by atoms with Crippen LogP contribution in [0.2, 0.25) is 0 Å². The van der Waals surface area contributed by atoms with Gasteiger partial charge in [-0.2, -0.15) is 0 Å². The van der Waals surface area contributed by atoms with Gasteiger partial charge in [-0.25, -0.2) is 4.39 Å². The fourth-order valence-electron chi connectivity index (χ4n) is 1.51. The SMILES string of the molecule is CCNCc1cc(F)ccc1Sc1nncn1C. The summed E-state index contributed by atoms with van der Waals surface area (Å²) in [5.41, 5.74) is 0.935. The van der Waals surface area contributed by atoms with Crippen LogP contribution < -0.4 is 5.32 Å². The van der Waals surface area contributed by atoms with Gasteiger partial charge in [-0.15, -0.1) is 10.2 Å². The summed E-state index contributed by atoms with van der Waals surface area (Å²) >= 11 is 1.49. The lowest BCUT2D eigenvalue weighted by atomic mass is 10.2. The minimum absolute atomic E-state index is 0.217.